The zero-order chi connectivity index (χ0) is 10.1. The highest BCUT2D eigenvalue weighted by Crippen LogP contribution is 2.25. The Morgan fingerprint density at radius 2 is 2.36 bits per heavy atom. The highest BCUT2D eigenvalue weighted by molar-refractivity contribution is 5.98. The monoisotopic (exact) mass is 192 g/mol. The van der Waals surface area contributed by atoms with Crippen LogP contribution in [-0.2, 0) is 17.8 Å². The summed E-state index contributed by atoms with van der Waals surface area (Å²) < 4.78 is 0. The number of carbonyl (C=O) groups is 1. The van der Waals surface area contributed by atoms with Crippen molar-refractivity contribution in [3.05, 3.63) is 29.3 Å². The molecule has 0 spiro atoms. The summed E-state index contributed by atoms with van der Waals surface area (Å²) in [6, 6.07) is 4.96. The summed E-state index contributed by atoms with van der Waals surface area (Å²) in [5.41, 5.74) is 8.17. The van der Waals surface area contributed by atoms with Gasteiger partial charge in [-0.15, -0.1) is 0 Å². The van der Waals surface area contributed by atoms with Crippen molar-refractivity contribution in [2.75, 3.05) is 5.32 Å². The minimum Gasteiger partial charge on any atom is -0.392 e. The number of hydrogen-bond donors (Lipinski definition) is 3. The van der Waals surface area contributed by atoms with Crippen LogP contribution in [0.2, 0.25) is 0 Å². The van der Waals surface area contributed by atoms with E-state index >= 15 is 0 Å². The van der Waals surface area contributed by atoms with Gasteiger partial charge in [-0.05, 0) is 23.6 Å². The van der Waals surface area contributed by atoms with Crippen LogP contribution in [0.25, 0.3) is 0 Å². The van der Waals surface area contributed by atoms with E-state index in [0.29, 0.717) is 6.42 Å². The molecule has 1 aromatic rings. The smallest absolute Gasteiger partial charge is 0.241 e. The maximum atomic E-state index is 11.3. The molecule has 74 valence electrons. The lowest BCUT2D eigenvalue weighted by Crippen LogP contribution is -2.41. The Morgan fingerprint density at radius 3 is 3.07 bits per heavy atom. The highest BCUT2D eigenvalue weighted by atomic mass is 16.3. The highest BCUT2D eigenvalue weighted by Gasteiger charge is 2.23. The van der Waals surface area contributed by atoms with Crippen LogP contribution < -0.4 is 11.1 Å². The molecule has 2 rings (SSSR count). The van der Waals surface area contributed by atoms with Crippen molar-refractivity contribution in [3.8, 4) is 0 Å². The van der Waals surface area contributed by atoms with Crippen LogP contribution in [0.15, 0.2) is 18.2 Å². The summed E-state index contributed by atoms with van der Waals surface area (Å²) in [4.78, 5) is 11.3. The maximum Gasteiger partial charge on any atom is 0.241 e. The fourth-order valence-corrected chi connectivity index (χ4v) is 1.68. The first-order valence-electron chi connectivity index (χ1n) is 4.50. The number of fused-ring (bicyclic) bond motifs is 1. The van der Waals surface area contributed by atoms with E-state index in [1.54, 1.807) is 0 Å². The summed E-state index contributed by atoms with van der Waals surface area (Å²) in [5, 5.41) is 11.8. The molecular weight excluding hydrogens is 180 g/mol. The van der Waals surface area contributed by atoms with Crippen molar-refractivity contribution < 1.29 is 9.90 Å². The van der Waals surface area contributed by atoms with Crippen molar-refractivity contribution in [1.29, 1.82) is 0 Å². The maximum absolute atomic E-state index is 11.3. The van der Waals surface area contributed by atoms with Crippen molar-refractivity contribution in [2.24, 2.45) is 5.73 Å². The van der Waals surface area contributed by atoms with E-state index in [1.807, 2.05) is 18.2 Å². The number of benzene rings is 1. The summed E-state index contributed by atoms with van der Waals surface area (Å²) in [6.07, 6.45) is 0.498. The van der Waals surface area contributed by atoms with E-state index in [-0.39, 0.29) is 12.5 Å². The molecule has 1 heterocycles. The van der Waals surface area contributed by atoms with Crippen LogP contribution in [0.1, 0.15) is 11.1 Å². The first-order chi connectivity index (χ1) is 6.72. The van der Waals surface area contributed by atoms with E-state index in [4.69, 9.17) is 10.8 Å². The predicted molar refractivity (Wildman–Crippen MR) is 52.7 cm³/mol. The van der Waals surface area contributed by atoms with Gasteiger partial charge in [0.1, 0.15) is 0 Å². The molecule has 0 saturated carbocycles. The lowest BCUT2D eigenvalue weighted by molar-refractivity contribution is -0.117. The van der Waals surface area contributed by atoms with E-state index in [1.165, 1.54) is 0 Å². The topological polar surface area (TPSA) is 75.3 Å². The summed E-state index contributed by atoms with van der Waals surface area (Å²) in [7, 11) is 0. The number of hydrogen-bond acceptors (Lipinski definition) is 3. The van der Waals surface area contributed by atoms with Crippen LogP contribution in [0.4, 0.5) is 5.69 Å². The first-order valence-corrected chi connectivity index (χ1v) is 4.50. The second-order valence-corrected chi connectivity index (χ2v) is 3.40. The number of aliphatic hydroxyl groups excluding tert-OH is 1. The Balaban J connectivity index is 2.46. The van der Waals surface area contributed by atoms with Gasteiger partial charge >= 0.3 is 0 Å². The molecule has 1 atom stereocenters. The summed E-state index contributed by atoms with van der Waals surface area (Å²) in [6.45, 7) is -0.0221. The van der Waals surface area contributed by atoms with Gasteiger partial charge in [-0.2, -0.15) is 0 Å². The van der Waals surface area contributed by atoms with Crippen LogP contribution >= 0.6 is 0 Å². The average molecular weight is 192 g/mol. The van der Waals surface area contributed by atoms with Gasteiger partial charge < -0.3 is 16.2 Å². The first kappa shape index (κ1) is 9.18. The Kier molecular flexibility index (Phi) is 2.23. The van der Waals surface area contributed by atoms with Crippen molar-refractivity contribution in [1.82, 2.24) is 0 Å². The molecule has 0 unspecified atom stereocenters. The molecule has 1 aliphatic heterocycles. The lowest BCUT2D eigenvalue weighted by Gasteiger charge is -2.23. The van der Waals surface area contributed by atoms with Gasteiger partial charge in [-0.1, -0.05) is 12.1 Å². The van der Waals surface area contributed by atoms with Crippen LogP contribution in [0.3, 0.4) is 0 Å². The largest absolute Gasteiger partial charge is 0.392 e. The molecule has 0 radical (unpaired) electrons. The van der Waals surface area contributed by atoms with E-state index in [0.717, 1.165) is 16.8 Å². The third-order valence-corrected chi connectivity index (χ3v) is 2.46. The quantitative estimate of drug-likeness (QED) is 0.586. The molecule has 14 heavy (non-hydrogen) atoms. The fraction of sp³-hybridized carbons (Fsp3) is 0.300. The average Bonchev–Trinajstić information content (AvgIpc) is 2.19. The molecular formula is C10H12N2O2. The van der Waals surface area contributed by atoms with Crippen molar-refractivity contribution in [3.63, 3.8) is 0 Å². The minimum absolute atomic E-state index is 0.0221. The third-order valence-electron chi connectivity index (χ3n) is 2.46. The van der Waals surface area contributed by atoms with Crippen LogP contribution in [0, 0.1) is 0 Å². The number of anilines is 1. The molecule has 4 N–H and O–H groups in total. The van der Waals surface area contributed by atoms with Crippen LogP contribution in [-0.4, -0.2) is 17.1 Å². The van der Waals surface area contributed by atoms with Crippen molar-refractivity contribution in [2.45, 2.75) is 19.1 Å². The number of nitrogens with one attached hydrogen (secondary N) is 1. The van der Waals surface area contributed by atoms with Gasteiger partial charge in [0.15, 0.2) is 0 Å². The van der Waals surface area contributed by atoms with Crippen LogP contribution in [0.5, 0.6) is 0 Å². The van der Waals surface area contributed by atoms with Gasteiger partial charge in [0, 0.05) is 5.69 Å². The number of aliphatic hydroxyl groups is 1. The number of carbonyl (C=O) groups excluding carboxylic acids is 1. The Morgan fingerprint density at radius 1 is 1.57 bits per heavy atom. The normalized spacial score (nSPS) is 20.1. The molecule has 1 amide bonds. The molecule has 1 aliphatic rings. The SMILES string of the molecule is N[C@H]1Cc2c(CO)cccc2NC1=O. The number of nitrogens with two attached hydrogens (primary N) is 1. The molecule has 0 bridgehead atoms. The van der Waals surface area contributed by atoms with E-state index in [9.17, 15) is 4.79 Å². The molecule has 0 saturated heterocycles. The van der Waals surface area contributed by atoms with Gasteiger partial charge in [-0.25, -0.2) is 0 Å². The third kappa shape index (κ3) is 1.38. The second kappa shape index (κ2) is 3.40. The number of amides is 1. The number of rotatable bonds is 1. The van der Waals surface area contributed by atoms with Gasteiger partial charge in [0.25, 0.3) is 0 Å². The molecule has 1 aromatic carbocycles. The molecule has 4 nitrogen and oxygen atoms in total. The zero-order valence-corrected chi connectivity index (χ0v) is 7.66. The van der Waals surface area contributed by atoms with Gasteiger partial charge in [0.05, 0.1) is 12.6 Å². The summed E-state index contributed by atoms with van der Waals surface area (Å²) >= 11 is 0. The second-order valence-electron chi connectivity index (χ2n) is 3.40. The van der Waals surface area contributed by atoms with Gasteiger partial charge in [0.2, 0.25) is 5.91 Å². The fourth-order valence-electron chi connectivity index (χ4n) is 1.68. The Bertz CT molecular complexity index is 376. The summed E-state index contributed by atoms with van der Waals surface area (Å²) in [5.74, 6) is -0.160. The van der Waals surface area contributed by atoms with E-state index < -0.39 is 6.04 Å². The minimum atomic E-state index is -0.504. The Labute approximate surface area is 81.7 Å². The van der Waals surface area contributed by atoms with Crippen molar-refractivity contribution >= 4 is 11.6 Å². The molecule has 4 heteroatoms. The van der Waals surface area contributed by atoms with Gasteiger partial charge in [-0.3, -0.25) is 4.79 Å². The molecule has 0 aromatic heterocycles. The standard InChI is InChI=1S/C10H12N2O2/c11-8-4-7-6(5-13)2-1-3-9(7)12-10(8)14/h1-3,8,13H,4-5,11H2,(H,12,14)/t8-/m0/s1. The predicted octanol–water partition coefficient (Wildman–Crippen LogP) is 0.000800. The molecule has 0 aliphatic carbocycles. The lowest BCUT2D eigenvalue weighted by atomic mass is 9.95. The van der Waals surface area contributed by atoms with E-state index in [2.05, 4.69) is 5.32 Å². The Hall–Kier alpha value is -1.39. The molecule has 0 fully saturated rings. The zero-order valence-electron chi connectivity index (χ0n) is 7.66.